The van der Waals surface area contributed by atoms with E-state index in [1.807, 2.05) is 0 Å². The molecule has 2 aromatic heterocycles. The molecule has 0 saturated heterocycles. The maximum Gasteiger partial charge on any atom is 0.341 e. The van der Waals surface area contributed by atoms with Gasteiger partial charge in [0.05, 0.1) is 24.0 Å². The van der Waals surface area contributed by atoms with Crippen LogP contribution < -0.4 is 10.9 Å². The van der Waals surface area contributed by atoms with Crippen LogP contribution in [0.2, 0.25) is 5.02 Å². The highest BCUT2D eigenvalue weighted by atomic mass is 35.5. The van der Waals surface area contributed by atoms with Gasteiger partial charge in [0.1, 0.15) is 11.4 Å². The van der Waals surface area contributed by atoms with Gasteiger partial charge in [0.15, 0.2) is 0 Å². The highest BCUT2D eigenvalue weighted by Gasteiger charge is 2.15. The van der Waals surface area contributed by atoms with E-state index in [2.05, 4.69) is 10.3 Å². The number of rotatable bonds is 4. The van der Waals surface area contributed by atoms with Gasteiger partial charge in [-0.25, -0.2) is 9.18 Å². The first-order valence-corrected chi connectivity index (χ1v) is 8.24. The summed E-state index contributed by atoms with van der Waals surface area (Å²) in [6.45, 7) is 0. The van der Waals surface area contributed by atoms with Gasteiger partial charge >= 0.3 is 5.97 Å². The fourth-order valence-corrected chi connectivity index (χ4v) is 2.78. The summed E-state index contributed by atoms with van der Waals surface area (Å²) in [6.07, 6.45) is 4.41. The minimum atomic E-state index is -0.562. The lowest BCUT2D eigenvalue weighted by Gasteiger charge is -2.13. The van der Waals surface area contributed by atoms with Crippen molar-refractivity contribution in [1.29, 1.82) is 0 Å². The van der Waals surface area contributed by atoms with Crippen LogP contribution >= 0.6 is 11.6 Å². The van der Waals surface area contributed by atoms with Gasteiger partial charge in [-0.2, -0.15) is 0 Å². The molecule has 27 heavy (non-hydrogen) atoms. The van der Waals surface area contributed by atoms with Gasteiger partial charge in [-0.3, -0.25) is 9.78 Å². The Morgan fingerprint density at radius 1 is 1.26 bits per heavy atom. The lowest BCUT2D eigenvalue weighted by atomic mass is 10.1. The van der Waals surface area contributed by atoms with Crippen LogP contribution in [-0.4, -0.2) is 22.6 Å². The highest BCUT2D eigenvalue weighted by Crippen LogP contribution is 2.27. The second-order valence-corrected chi connectivity index (χ2v) is 6.16. The number of anilines is 2. The van der Waals surface area contributed by atoms with Crippen molar-refractivity contribution >= 4 is 28.9 Å². The second-order valence-electron chi connectivity index (χ2n) is 5.72. The van der Waals surface area contributed by atoms with Gasteiger partial charge < -0.3 is 14.6 Å². The predicted molar refractivity (Wildman–Crippen MR) is 101 cm³/mol. The van der Waals surface area contributed by atoms with Gasteiger partial charge in [-0.05, 0) is 30.3 Å². The number of nitrogens with one attached hydrogen (secondary N) is 1. The van der Waals surface area contributed by atoms with Crippen molar-refractivity contribution in [2.24, 2.45) is 7.05 Å². The third kappa shape index (κ3) is 3.83. The third-order valence-electron chi connectivity index (χ3n) is 3.91. The minimum absolute atomic E-state index is 0.0923. The van der Waals surface area contributed by atoms with Crippen molar-refractivity contribution in [3.05, 3.63) is 75.7 Å². The summed E-state index contributed by atoms with van der Waals surface area (Å²) in [5, 5.41) is 3.36. The summed E-state index contributed by atoms with van der Waals surface area (Å²) in [5.74, 6) is -1.12. The lowest BCUT2D eigenvalue weighted by Crippen LogP contribution is -2.19. The number of ether oxygens (including phenoxy) is 1. The van der Waals surface area contributed by atoms with E-state index in [0.29, 0.717) is 16.4 Å². The normalized spacial score (nSPS) is 10.5. The highest BCUT2D eigenvalue weighted by molar-refractivity contribution is 6.30. The van der Waals surface area contributed by atoms with E-state index in [0.717, 1.165) is 0 Å². The zero-order valence-electron chi connectivity index (χ0n) is 14.5. The summed E-state index contributed by atoms with van der Waals surface area (Å²) in [4.78, 5) is 28.3. The van der Waals surface area contributed by atoms with Crippen molar-refractivity contribution in [2.45, 2.75) is 0 Å². The molecular formula is C19H15ClFN3O3. The summed E-state index contributed by atoms with van der Waals surface area (Å²) >= 11 is 5.95. The van der Waals surface area contributed by atoms with Crippen molar-refractivity contribution < 1.29 is 13.9 Å². The van der Waals surface area contributed by atoms with Crippen molar-refractivity contribution in [2.75, 3.05) is 12.4 Å². The number of halogens is 2. The van der Waals surface area contributed by atoms with E-state index >= 15 is 0 Å². The molecule has 0 aliphatic heterocycles. The average molecular weight is 388 g/mol. The van der Waals surface area contributed by atoms with Gasteiger partial charge in [-0.1, -0.05) is 11.6 Å². The number of hydrogen-bond acceptors (Lipinski definition) is 5. The first kappa shape index (κ1) is 18.6. The van der Waals surface area contributed by atoms with Gasteiger partial charge in [-0.15, -0.1) is 0 Å². The molecule has 8 heteroatoms. The Morgan fingerprint density at radius 2 is 2.04 bits per heavy atom. The summed E-state index contributed by atoms with van der Waals surface area (Å²) in [7, 11) is 2.82. The van der Waals surface area contributed by atoms with E-state index < -0.39 is 11.8 Å². The Morgan fingerprint density at radius 3 is 2.78 bits per heavy atom. The van der Waals surface area contributed by atoms with Gasteiger partial charge in [0.2, 0.25) is 0 Å². The van der Waals surface area contributed by atoms with Crippen LogP contribution in [0.1, 0.15) is 10.4 Å². The van der Waals surface area contributed by atoms with Crippen molar-refractivity contribution in [1.82, 2.24) is 9.55 Å². The summed E-state index contributed by atoms with van der Waals surface area (Å²) < 4.78 is 20.3. The third-order valence-corrected chi connectivity index (χ3v) is 4.14. The largest absolute Gasteiger partial charge is 0.465 e. The fraction of sp³-hybridized carbons (Fsp3) is 0.105. The van der Waals surface area contributed by atoms with E-state index in [9.17, 15) is 14.0 Å². The smallest absolute Gasteiger partial charge is 0.341 e. The Hall–Kier alpha value is -3.19. The molecule has 0 aliphatic rings. The summed E-state index contributed by atoms with van der Waals surface area (Å²) in [5.41, 5.74) is 0.982. The standard InChI is InChI=1S/C19H15ClFN3O3/c1-24-10-12(23-17-5-6-22-9-15(17)19(26)27-2)8-14(18(24)25)13-7-11(20)3-4-16(13)21/h3-10H,1-2H3,(H,22,23). The molecule has 6 nitrogen and oxygen atoms in total. The fourth-order valence-electron chi connectivity index (χ4n) is 2.61. The maximum absolute atomic E-state index is 14.2. The minimum Gasteiger partial charge on any atom is -0.465 e. The monoisotopic (exact) mass is 387 g/mol. The average Bonchev–Trinajstić information content (AvgIpc) is 2.66. The molecule has 1 aromatic carbocycles. The molecule has 0 saturated carbocycles. The first-order chi connectivity index (χ1) is 12.9. The number of hydrogen-bond donors (Lipinski definition) is 1. The maximum atomic E-state index is 14.2. The molecule has 2 heterocycles. The number of nitrogens with zero attached hydrogens (tertiary/aromatic N) is 2. The Labute approximate surface area is 159 Å². The molecule has 0 spiro atoms. The first-order valence-electron chi connectivity index (χ1n) is 7.86. The van der Waals surface area contributed by atoms with Crippen LogP contribution in [0.5, 0.6) is 0 Å². The van der Waals surface area contributed by atoms with Crippen LogP contribution in [-0.2, 0) is 11.8 Å². The number of methoxy groups -OCH3 is 1. The van der Waals surface area contributed by atoms with Crippen LogP contribution in [0.25, 0.3) is 11.1 Å². The Kier molecular flexibility index (Phi) is 5.23. The van der Waals surface area contributed by atoms with Gasteiger partial charge in [0, 0.05) is 36.2 Å². The zero-order chi connectivity index (χ0) is 19.6. The molecule has 3 rings (SSSR count). The molecule has 0 bridgehead atoms. The molecule has 0 fully saturated rings. The lowest BCUT2D eigenvalue weighted by molar-refractivity contribution is 0.0601. The molecule has 0 unspecified atom stereocenters. The van der Waals surface area contributed by atoms with Crippen LogP contribution in [0, 0.1) is 5.82 Å². The number of esters is 1. The summed E-state index contributed by atoms with van der Waals surface area (Å²) in [6, 6.07) is 7.10. The molecule has 3 aromatic rings. The van der Waals surface area contributed by atoms with Crippen LogP contribution in [0.15, 0.2) is 53.7 Å². The topological polar surface area (TPSA) is 73.2 Å². The van der Waals surface area contributed by atoms with E-state index in [-0.39, 0.29) is 22.2 Å². The predicted octanol–water partition coefficient (Wildman–Crippen LogP) is 3.77. The molecule has 1 N–H and O–H groups in total. The second kappa shape index (κ2) is 7.59. The SMILES string of the molecule is COC(=O)c1cnccc1Nc1cc(-c2cc(Cl)ccc2F)c(=O)n(C)c1. The quantitative estimate of drug-likeness (QED) is 0.690. The number of aromatic nitrogens is 2. The van der Waals surface area contributed by atoms with Crippen molar-refractivity contribution in [3.8, 4) is 11.1 Å². The van der Waals surface area contributed by atoms with Gasteiger partial charge in [0.25, 0.3) is 5.56 Å². The van der Waals surface area contributed by atoms with Crippen LogP contribution in [0.3, 0.4) is 0 Å². The number of carbonyl (C=O) groups excluding carboxylic acids is 1. The number of pyridine rings is 2. The molecule has 0 amide bonds. The molecule has 0 aliphatic carbocycles. The molecule has 0 atom stereocenters. The zero-order valence-corrected chi connectivity index (χ0v) is 15.2. The molecule has 138 valence electrons. The molecular weight excluding hydrogens is 373 g/mol. The molecule has 0 radical (unpaired) electrons. The van der Waals surface area contributed by atoms with E-state index in [1.165, 1.54) is 54.5 Å². The number of aryl methyl sites for hydroxylation is 1. The Balaban J connectivity index is 2.10. The Bertz CT molecular complexity index is 1080. The number of benzene rings is 1. The van der Waals surface area contributed by atoms with Crippen molar-refractivity contribution in [3.63, 3.8) is 0 Å². The van der Waals surface area contributed by atoms with E-state index in [1.54, 1.807) is 13.1 Å². The number of carbonyl (C=O) groups is 1. The van der Waals surface area contributed by atoms with Crippen LogP contribution in [0.4, 0.5) is 15.8 Å². The van der Waals surface area contributed by atoms with E-state index in [4.69, 9.17) is 16.3 Å².